The van der Waals surface area contributed by atoms with E-state index in [9.17, 15) is 22.4 Å². The number of nitrogens with one attached hydrogen (secondary N) is 1. The number of hydrogen-bond donors (Lipinski definition) is 1. The maximum Gasteiger partial charge on any atom is 0.243 e. The van der Waals surface area contributed by atoms with Gasteiger partial charge >= 0.3 is 0 Å². The van der Waals surface area contributed by atoms with Crippen molar-refractivity contribution in [2.75, 3.05) is 17.1 Å². The van der Waals surface area contributed by atoms with Crippen LogP contribution in [-0.2, 0) is 32.6 Å². The maximum absolute atomic E-state index is 13.9. The maximum atomic E-state index is 13.9. The molecule has 7 nitrogen and oxygen atoms in total. The van der Waals surface area contributed by atoms with Crippen molar-refractivity contribution in [2.24, 2.45) is 0 Å². The Morgan fingerprint density at radius 3 is 2.26 bits per heavy atom. The summed E-state index contributed by atoms with van der Waals surface area (Å²) in [6.45, 7) is 3.90. The molecule has 0 aliphatic carbocycles. The molecule has 0 saturated carbocycles. The fraction of sp³-hybridized carbons (Fsp3) is 0.355. The van der Waals surface area contributed by atoms with E-state index in [-0.39, 0.29) is 50.2 Å². The highest BCUT2D eigenvalue weighted by molar-refractivity contribution is 7.92. The third-order valence-corrected chi connectivity index (χ3v) is 8.68. The Morgan fingerprint density at radius 2 is 1.67 bits per heavy atom. The molecule has 0 radical (unpaired) electrons. The van der Waals surface area contributed by atoms with Gasteiger partial charge in [-0.2, -0.15) is 0 Å². The zero-order valence-corrected chi connectivity index (χ0v) is 26.2. The van der Waals surface area contributed by atoms with E-state index >= 15 is 0 Å². The Hall–Kier alpha value is -3.14. The molecule has 2 amide bonds. The lowest BCUT2D eigenvalue weighted by Crippen LogP contribution is -2.52. The van der Waals surface area contributed by atoms with Crippen LogP contribution >= 0.6 is 23.2 Å². The van der Waals surface area contributed by atoms with E-state index in [2.05, 4.69) is 5.32 Å². The predicted octanol–water partition coefficient (Wildman–Crippen LogP) is 6.23. The number of carbonyl (C=O) groups is 2. The predicted molar refractivity (Wildman–Crippen MR) is 167 cm³/mol. The van der Waals surface area contributed by atoms with Crippen molar-refractivity contribution in [1.29, 1.82) is 0 Å². The van der Waals surface area contributed by atoms with E-state index in [0.717, 1.165) is 16.1 Å². The lowest BCUT2D eigenvalue weighted by molar-refractivity contribution is -0.141. The lowest BCUT2D eigenvalue weighted by Gasteiger charge is -2.33. The molecule has 0 unspecified atom stereocenters. The third kappa shape index (κ3) is 9.71. The molecule has 3 aromatic carbocycles. The number of hydrogen-bond acceptors (Lipinski definition) is 4. The summed E-state index contributed by atoms with van der Waals surface area (Å²) >= 11 is 12.6. The van der Waals surface area contributed by atoms with Gasteiger partial charge in [0.15, 0.2) is 0 Å². The molecule has 3 aromatic rings. The van der Waals surface area contributed by atoms with E-state index < -0.39 is 21.9 Å². The molecule has 0 aliphatic rings. The van der Waals surface area contributed by atoms with Gasteiger partial charge in [-0.3, -0.25) is 13.9 Å². The van der Waals surface area contributed by atoms with Crippen molar-refractivity contribution >= 4 is 50.7 Å². The molecule has 0 aliphatic heterocycles. The molecule has 11 heteroatoms. The van der Waals surface area contributed by atoms with Crippen molar-refractivity contribution in [2.45, 2.75) is 58.2 Å². The van der Waals surface area contributed by atoms with Crippen LogP contribution in [0.25, 0.3) is 0 Å². The van der Waals surface area contributed by atoms with Crippen LogP contribution in [0.15, 0.2) is 72.8 Å². The number of sulfonamides is 1. The van der Waals surface area contributed by atoms with Gasteiger partial charge in [0.2, 0.25) is 21.8 Å². The standard InChI is InChI=1S/C31H36Cl2FN3O4S/c1-4-22(2)35-31(39)29(19-23-9-6-5-7-10-23)36(21-24-12-13-25(32)20-28(24)33)30(38)11-8-18-37(42(3,40)41)27-16-14-26(34)15-17-27/h5-7,9-10,12-17,20,22,29H,4,8,11,18-19,21H2,1-3H3,(H,35,39)/t22-,29+/m0/s1. The van der Waals surface area contributed by atoms with Gasteiger partial charge in [-0.15, -0.1) is 0 Å². The topological polar surface area (TPSA) is 86.8 Å². The summed E-state index contributed by atoms with van der Waals surface area (Å²) in [6, 6.07) is 18.5. The quantitative estimate of drug-likeness (QED) is 0.227. The van der Waals surface area contributed by atoms with Crippen LogP contribution in [0.4, 0.5) is 10.1 Å². The number of anilines is 1. The van der Waals surface area contributed by atoms with E-state index in [1.807, 2.05) is 44.2 Å². The fourth-order valence-corrected chi connectivity index (χ4v) is 5.87. The smallest absolute Gasteiger partial charge is 0.243 e. The number of carbonyl (C=O) groups excluding carboxylic acids is 2. The Balaban J connectivity index is 1.91. The normalized spacial score (nSPS) is 12.8. The molecule has 1 N–H and O–H groups in total. The highest BCUT2D eigenvalue weighted by atomic mass is 35.5. The number of rotatable bonds is 14. The van der Waals surface area contributed by atoms with Crippen molar-refractivity contribution in [3.05, 3.63) is 99.8 Å². The molecule has 42 heavy (non-hydrogen) atoms. The van der Waals surface area contributed by atoms with Gasteiger partial charge < -0.3 is 10.2 Å². The summed E-state index contributed by atoms with van der Waals surface area (Å²) < 4.78 is 39.6. The Labute approximate surface area is 257 Å². The number of nitrogens with zero attached hydrogens (tertiary/aromatic N) is 2. The van der Waals surface area contributed by atoms with Crippen LogP contribution in [-0.4, -0.2) is 50.0 Å². The van der Waals surface area contributed by atoms with Crippen LogP contribution in [0.2, 0.25) is 10.0 Å². The second-order valence-corrected chi connectivity index (χ2v) is 12.9. The molecule has 226 valence electrons. The van der Waals surface area contributed by atoms with Crippen LogP contribution in [0.1, 0.15) is 44.2 Å². The fourth-order valence-electron chi connectivity index (χ4n) is 4.44. The minimum absolute atomic E-state index is 0.00579. The summed E-state index contributed by atoms with van der Waals surface area (Å²) in [5.41, 5.74) is 1.79. The molecule has 0 heterocycles. The van der Waals surface area contributed by atoms with E-state index in [0.29, 0.717) is 27.7 Å². The van der Waals surface area contributed by atoms with Crippen molar-refractivity contribution in [3.63, 3.8) is 0 Å². The minimum atomic E-state index is -3.70. The highest BCUT2D eigenvalue weighted by Gasteiger charge is 2.31. The molecular formula is C31H36Cl2FN3O4S. The second kappa shape index (κ2) is 15.4. The van der Waals surface area contributed by atoms with Crippen LogP contribution in [0, 0.1) is 5.82 Å². The van der Waals surface area contributed by atoms with Crippen LogP contribution in [0.5, 0.6) is 0 Å². The molecule has 0 spiro atoms. The van der Waals surface area contributed by atoms with E-state index in [1.54, 1.807) is 18.2 Å². The molecule has 0 fully saturated rings. The summed E-state index contributed by atoms with van der Waals surface area (Å²) in [6.07, 6.45) is 2.16. The number of halogens is 3. The molecule has 0 bridgehead atoms. The van der Waals surface area contributed by atoms with Gasteiger partial charge in [0.25, 0.3) is 0 Å². The van der Waals surface area contributed by atoms with Crippen LogP contribution < -0.4 is 9.62 Å². The van der Waals surface area contributed by atoms with Crippen molar-refractivity contribution < 1.29 is 22.4 Å². The van der Waals surface area contributed by atoms with Gasteiger partial charge in [-0.1, -0.05) is 66.5 Å². The zero-order valence-electron chi connectivity index (χ0n) is 23.9. The van der Waals surface area contributed by atoms with E-state index in [4.69, 9.17) is 23.2 Å². The highest BCUT2D eigenvalue weighted by Crippen LogP contribution is 2.25. The summed E-state index contributed by atoms with van der Waals surface area (Å²) in [7, 11) is -3.70. The largest absolute Gasteiger partial charge is 0.352 e. The van der Waals surface area contributed by atoms with Crippen molar-refractivity contribution in [3.8, 4) is 0 Å². The molecule has 0 aromatic heterocycles. The monoisotopic (exact) mass is 635 g/mol. The zero-order chi connectivity index (χ0) is 30.9. The first-order valence-corrected chi connectivity index (χ1v) is 16.3. The van der Waals surface area contributed by atoms with Gasteiger partial charge in [0, 0.05) is 42.0 Å². The summed E-state index contributed by atoms with van der Waals surface area (Å²) in [5, 5.41) is 3.81. The first-order chi connectivity index (χ1) is 19.9. The van der Waals surface area contributed by atoms with Gasteiger partial charge in [-0.25, -0.2) is 12.8 Å². The summed E-state index contributed by atoms with van der Waals surface area (Å²) in [5.74, 6) is -1.12. The first-order valence-electron chi connectivity index (χ1n) is 13.7. The molecule has 0 saturated heterocycles. The van der Waals surface area contributed by atoms with Gasteiger partial charge in [-0.05, 0) is 67.3 Å². The Morgan fingerprint density at radius 1 is 1.00 bits per heavy atom. The average molecular weight is 637 g/mol. The van der Waals surface area contributed by atoms with E-state index in [1.165, 1.54) is 29.2 Å². The summed E-state index contributed by atoms with van der Waals surface area (Å²) in [4.78, 5) is 29.0. The Kier molecular flexibility index (Phi) is 12.2. The molecular weight excluding hydrogens is 600 g/mol. The lowest BCUT2D eigenvalue weighted by atomic mass is 10.0. The number of benzene rings is 3. The minimum Gasteiger partial charge on any atom is -0.352 e. The second-order valence-electron chi connectivity index (χ2n) is 10.2. The first kappa shape index (κ1) is 33.4. The van der Waals surface area contributed by atoms with Gasteiger partial charge in [0.05, 0.1) is 11.9 Å². The average Bonchev–Trinajstić information content (AvgIpc) is 2.94. The van der Waals surface area contributed by atoms with Crippen molar-refractivity contribution in [1.82, 2.24) is 10.2 Å². The number of amides is 2. The molecule has 3 rings (SSSR count). The van der Waals surface area contributed by atoms with Crippen LogP contribution in [0.3, 0.4) is 0 Å². The van der Waals surface area contributed by atoms with Gasteiger partial charge in [0.1, 0.15) is 11.9 Å². The SMILES string of the molecule is CC[C@H](C)NC(=O)[C@@H](Cc1ccccc1)N(Cc1ccc(Cl)cc1Cl)C(=O)CCCN(c1ccc(F)cc1)S(C)(=O)=O. The Bertz CT molecular complexity index is 1460. The molecule has 2 atom stereocenters. The third-order valence-electron chi connectivity index (χ3n) is 6.89.